The highest BCUT2D eigenvalue weighted by molar-refractivity contribution is 5.83. The Bertz CT molecular complexity index is 1190. The molecule has 0 saturated carbocycles. The molecule has 0 radical (unpaired) electrons. The van der Waals surface area contributed by atoms with Gasteiger partial charge in [0.15, 0.2) is 0 Å². The lowest BCUT2D eigenvalue weighted by atomic mass is 10.1. The minimum atomic E-state index is -0.136. The Balaban J connectivity index is 1.43. The van der Waals surface area contributed by atoms with Crippen LogP contribution in [-0.4, -0.2) is 29.7 Å². The molecule has 0 spiro atoms. The molecule has 0 N–H and O–H groups in total. The highest BCUT2D eigenvalue weighted by Crippen LogP contribution is 2.32. The van der Waals surface area contributed by atoms with Crippen LogP contribution in [0.5, 0.6) is 0 Å². The van der Waals surface area contributed by atoms with E-state index in [9.17, 15) is 4.79 Å². The summed E-state index contributed by atoms with van der Waals surface area (Å²) in [5.41, 5.74) is 3.09. The molecule has 29 heavy (non-hydrogen) atoms. The summed E-state index contributed by atoms with van der Waals surface area (Å²) in [6.45, 7) is 7.96. The van der Waals surface area contributed by atoms with Crippen LogP contribution in [0.1, 0.15) is 32.0 Å². The number of carbonyl (C=O) groups excluding carboxylic acids is 1. The zero-order valence-electron chi connectivity index (χ0n) is 17.0. The molecule has 148 valence electrons. The van der Waals surface area contributed by atoms with Gasteiger partial charge in [-0.05, 0) is 50.4 Å². The third kappa shape index (κ3) is 2.95. The van der Waals surface area contributed by atoms with Gasteiger partial charge in [-0.3, -0.25) is 4.79 Å². The number of rotatable bonds is 3. The first-order chi connectivity index (χ1) is 13.9. The third-order valence-electron chi connectivity index (χ3n) is 5.55. The lowest BCUT2D eigenvalue weighted by molar-refractivity contribution is -0.132. The molecule has 0 fully saturated rings. The van der Waals surface area contributed by atoms with Gasteiger partial charge in [-0.15, -0.1) is 0 Å². The van der Waals surface area contributed by atoms with Gasteiger partial charge in [0, 0.05) is 29.7 Å². The van der Waals surface area contributed by atoms with E-state index in [2.05, 4.69) is 48.2 Å². The average Bonchev–Trinajstić information content (AvgIpc) is 3.44. The summed E-state index contributed by atoms with van der Waals surface area (Å²) in [7, 11) is 0. The van der Waals surface area contributed by atoms with Crippen LogP contribution in [0, 0.1) is 0 Å². The molecule has 1 aliphatic heterocycles. The maximum absolute atomic E-state index is 13.1. The van der Waals surface area contributed by atoms with Gasteiger partial charge in [0.2, 0.25) is 5.91 Å². The van der Waals surface area contributed by atoms with Crippen molar-refractivity contribution in [3.8, 4) is 5.82 Å². The van der Waals surface area contributed by atoms with E-state index in [1.807, 2.05) is 52.3 Å². The maximum atomic E-state index is 13.1. The number of hydrogen-bond donors (Lipinski definition) is 0. The van der Waals surface area contributed by atoms with E-state index in [1.54, 1.807) is 0 Å². The molecule has 0 aliphatic carbocycles. The Morgan fingerprint density at radius 3 is 2.52 bits per heavy atom. The fourth-order valence-electron chi connectivity index (χ4n) is 4.11. The van der Waals surface area contributed by atoms with Crippen LogP contribution in [0.25, 0.3) is 16.7 Å². The summed E-state index contributed by atoms with van der Waals surface area (Å²) >= 11 is 0. The van der Waals surface area contributed by atoms with Crippen LogP contribution in [0.4, 0.5) is 0 Å². The maximum Gasteiger partial charge on any atom is 0.243 e. The highest BCUT2D eigenvalue weighted by Gasteiger charge is 2.33. The summed E-state index contributed by atoms with van der Waals surface area (Å²) in [6, 6.07) is 14.2. The van der Waals surface area contributed by atoms with Crippen molar-refractivity contribution in [2.24, 2.45) is 0 Å². The SMILES string of the molecule is CC(C)(C)n1nc2c(c1-n1cccc1)CN(C(=O)Cn1ccc3ccccc31)C2. The number of nitrogens with zero attached hydrogens (tertiary/aromatic N) is 5. The van der Waals surface area contributed by atoms with Gasteiger partial charge in [-0.1, -0.05) is 18.2 Å². The number of fused-ring (bicyclic) bond motifs is 2. The van der Waals surface area contributed by atoms with Crippen molar-refractivity contribution in [3.05, 3.63) is 72.3 Å². The van der Waals surface area contributed by atoms with Crippen LogP contribution < -0.4 is 0 Å². The average molecular weight is 387 g/mol. The number of aromatic nitrogens is 4. The Labute approximate surface area is 170 Å². The Hall–Kier alpha value is -3.28. The van der Waals surface area contributed by atoms with Crippen LogP contribution >= 0.6 is 0 Å². The van der Waals surface area contributed by atoms with Gasteiger partial charge < -0.3 is 14.0 Å². The Morgan fingerprint density at radius 1 is 1.00 bits per heavy atom. The topological polar surface area (TPSA) is 48.0 Å². The van der Waals surface area contributed by atoms with E-state index in [1.165, 1.54) is 0 Å². The predicted octanol–water partition coefficient (Wildman–Crippen LogP) is 3.93. The van der Waals surface area contributed by atoms with E-state index in [-0.39, 0.29) is 11.4 Å². The Morgan fingerprint density at radius 2 is 1.76 bits per heavy atom. The van der Waals surface area contributed by atoms with Gasteiger partial charge >= 0.3 is 0 Å². The van der Waals surface area contributed by atoms with Gasteiger partial charge in [-0.2, -0.15) is 5.10 Å². The molecule has 5 rings (SSSR count). The number of hydrogen-bond acceptors (Lipinski definition) is 2. The summed E-state index contributed by atoms with van der Waals surface area (Å²) in [4.78, 5) is 15.0. The summed E-state index contributed by atoms with van der Waals surface area (Å²) < 4.78 is 6.21. The molecule has 0 unspecified atom stereocenters. The normalized spacial score (nSPS) is 14.0. The van der Waals surface area contributed by atoms with Crippen LogP contribution in [0.3, 0.4) is 0 Å². The first kappa shape index (κ1) is 17.8. The van der Waals surface area contributed by atoms with E-state index in [0.717, 1.165) is 28.0 Å². The van der Waals surface area contributed by atoms with E-state index >= 15 is 0 Å². The molecule has 4 heterocycles. The van der Waals surface area contributed by atoms with Gasteiger partial charge in [0.1, 0.15) is 12.4 Å². The molecule has 4 aromatic rings. The molecule has 3 aromatic heterocycles. The number of benzene rings is 1. The molecule has 6 heteroatoms. The molecule has 1 amide bonds. The summed E-state index contributed by atoms with van der Waals surface area (Å²) in [5.74, 6) is 1.17. The molecule has 1 aromatic carbocycles. The van der Waals surface area contributed by atoms with Crippen LogP contribution in [-0.2, 0) is 30.0 Å². The van der Waals surface area contributed by atoms with Crippen molar-refractivity contribution in [2.75, 3.05) is 0 Å². The fraction of sp³-hybridized carbons (Fsp3) is 0.304. The van der Waals surface area contributed by atoms with Crippen molar-refractivity contribution in [3.63, 3.8) is 0 Å². The minimum absolute atomic E-state index is 0.116. The van der Waals surface area contributed by atoms with Crippen LogP contribution in [0.15, 0.2) is 61.1 Å². The zero-order valence-corrected chi connectivity index (χ0v) is 17.0. The molecule has 0 atom stereocenters. The zero-order chi connectivity index (χ0) is 20.2. The van der Waals surface area contributed by atoms with Gasteiger partial charge in [0.25, 0.3) is 0 Å². The first-order valence-corrected chi connectivity index (χ1v) is 9.98. The second-order valence-corrected chi connectivity index (χ2v) is 8.67. The second-order valence-electron chi connectivity index (χ2n) is 8.67. The lowest BCUT2D eigenvalue weighted by Gasteiger charge is -2.24. The second kappa shape index (κ2) is 6.37. The lowest BCUT2D eigenvalue weighted by Crippen LogP contribution is -2.31. The monoisotopic (exact) mass is 387 g/mol. The van der Waals surface area contributed by atoms with E-state index in [4.69, 9.17) is 5.10 Å². The fourth-order valence-corrected chi connectivity index (χ4v) is 4.11. The standard InChI is InChI=1S/C23H25N5O/c1-23(2,3)28-22(25-11-6-7-12-25)18-14-27(15-19(18)24-28)21(29)16-26-13-10-17-8-4-5-9-20(17)26/h4-13H,14-16H2,1-3H3. The predicted molar refractivity (Wildman–Crippen MR) is 113 cm³/mol. The van der Waals surface area contributed by atoms with Crippen molar-refractivity contribution in [2.45, 2.75) is 45.9 Å². The number of carbonyl (C=O) groups is 1. The van der Waals surface area contributed by atoms with Crippen molar-refractivity contribution < 1.29 is 4.79 Å². The number of para-hydroxylation sites is 1. The largest absolute Gasteiger partial charge is 0.338 e. The third-order valence-corrected chi connectivity index (χ3v) is 5.55. The molecule has 1 aliphatic rings. The van der Waals surface area contributed by atoms with E-state index in [0.29, 0.717) is 19.6 Å². The highest BCUT2D eigenvalue weighted by atomic mass is 16.2. The Kier molecular flexibility index (Phi) is 3.91. The van der Waals surface area contributed by atoms with Crippen molar-refractivity contribution in [1.29, 1.82) is 0 Å². The van der Waals surface area contributed by atoms with Gasteiger partial charge in [-0.25, -0.2) is 4.68 Å². The molecular weight excluding hydrogens is 362 g/mol. The summed E-state index contributed by atoms with van der Waals surface area (Å²) in [5, 5.41) is 6.05. The molecule has 6 nitrogen and oxygen atoms in total. The minimum Gasteiger partial charge on any atom is -0.338 e. The molecular formula is C23H25N5O. The quantitative estimate of drug-likeness (QED) is 0.535. The molecule has 0 bridgehead atoms. The van der Waals surface area contributed by atoms with Gasteiger partial charge in [0.05, 0.1) is 24.3 Å². The van der Waals surface area contributed by atoms with Crippen molar-refractivity contribution in [1.82, 2.24) is 23.8 Å². The van der Waals surface area contributed by atoms with Crippen LogP contribution in [0.2, 0.25) is 0 Å². The molecule has 0 saturated heterocycles. The van der Waals surface area contributed by atoms with Crippen molar-refractivity contribution >= 4 is 16.8 Å². The number of amides is 1. The smallest absolute Gasteiger partial charge is 0.243 e. The van der Waals surface area contributed by atoms with E-state index < -0.39 is 0 Å². The first-order valence-electron chi connectivity index (χ1n) is 9.98. The summed E-state index contributed by atoms with van der Waals surface area (Å²) in [6.07, 6.45) is 6.06.